The molecule has 0 aliphatic heterocycles. The number of carbonyl (C=O) groups is 1. The number of aromatic nitrogens is 1. The van der Waals surface area contributed by atoms with Crippen LogP contribution in [0.15, 0.2) is 60.9 Å². The van der Waals surface area contributed by atoms with E-state index >= 15 is 0 Å². The molecule has 4 nitrogen and oxygen atoms in total. The van der Waals surface area contributed by atoms with Crippen molar-refractivity contribution in [2.45, 2.75) is 25.4 Å². The zero-order valence-electron chi connectivity index (χ0n) is 13.8. The normalized spacial score (nSPS) is 12.1. The number of pyridine rings is 1. The molecule has 3 aromatic rings. The minimum absolute atomic E-state index is 0.144. The first-order chi connectivity index (χ1) is 12.1. The third-order valence-corrected chi connectivity index (χ3v) is 4.13. The highest BCUT2D eigenvalue weighted by atomic mass is 19.1. The van der Waals surface area contributed by atoms with Crippen LogP contribution in [0.3, 0.4) is 0 Å². The van der Waals surface area contributed by atoms with Crippen LogP contribution in [-0.2, 0) is 17.8 Å². The van der Waals surface area contributed by atoms with Crippen LogP contribution in [0, 0.1) is 5.82 Å². The van der Waals surface area contributed by atoms with Crippen molar-refractivity contribution in [3.05, 3.63) is 77.9 Å². The Morgan fingerprint density at radius 2 is 1.92 bits per heavy atom. The second-order valence-corrected chi connectivity index (χ2v) is 6.05. The number of carbonyl (C=O) groups excluding carboxylic acids is 1. The zero-order chi connectivity index (χ0) is 17.6. The van der Waals surface area contributed by atoms with Crippen molar-refractivity contribution in [1.29, 1.82) is 0 Å². The van der Waals surface area contributed by atoms with Crippen molar-refractivity contribution in [3.8, 4) is 0 Å². The summed E-state index contributed by atoms with van der Waals surface area (Å²) in [4.78, 5) is 16.2. The van der Waals surface area contributed by atoms with E-state index in [4.69, 9.17) is 5.73 Å². The number of fused-ring (bicyclic) bond motifs is 1. The Labute approximate surface area is 145 Å². The summed E-state index contributed by atoms with van der Waals surface area (Å²) in [6, 6.07) is 13.9. The Balaban J connectivity index is 1.56. The monoisotopic (exact) mass is 337 g/mol. The average molecular weight is 337 g/mol. The van der Waals surface area contributed by atoms with Crippen molar-refractivity contribution in [2.75, 3.05) is 0 Å². The van der Waals surface area contributed by atoms with Gasteiger partial charge in [0.05, 0.1) is 0 Å². The van der Waals surface area contributed by atoms with E-state index in [-0.39, 0.29) is 18.1 Å². The van der Waals surface area contributed by atoms with Gasteiger partial charge in [-0.2, -0.15) is 0 Å². The predicted octanol–water partition coefficient (Wildman–Crippen LogP) is 2.95. The number of hydrogen-bond acceptors (Lipinski definition) is 3. The van der Waals surface area contributed by atoms with Crippen LogP contribution in [0.25, 0.3) is 10.8 Å². The molecule has 0 aliphatic carbocycles. The second-order valence-electron chi connectivity index (χ2n) is 6.05. The first-order valence-electron chi connectivity index (χ1n) is 8.21. The van der Waals surface area contributed by atoms with Crippen LogP contribution in [0.4, 0.5) is 4.39 Å². The number of nitrogens with one attached hydrogen (secondary N) is 1. The zero-order valence-corrected chi connectivity index (χ0v) is 13.8. The highest BCUT2D eigenvalue weighted by Crippen LogP contribution is 2.17. The van der Waals surface area contributed by atoms with Gasteiger partial charge in [0.25, 0.3) is 0 Å². The highest BCUT2D eigenvalue weighted by Gasteiger charge is 2.12. The summed E-state index contributed by atoms with van der Waals surface area (Å²) in [6.45, 7) is 0.423. The van der Waals surface area contributed by atoms with Crippen LogP contribution in [-0.4, -0.2) is 16.9 Å². The van der Waals surface area contributed by atoms with Crippen molar-refractivity contribution in [3.63, 3.8) is 0 Å². The Morgan fingerprint density at radius 1 is 1.12 bits per heavy atom. The van der Waals surface area contributed by atoms with Gasteiger partial charge in [0.1, 0.15) is 5.82 Å². The van der Waals surface area contributed by atoms with E-state index < -0.39 is 6.04 Å². The molecule has 1 aromatic heterocycles. The molecule has 0 aliphatic rings. The first-order valence-corrected chi connectivity index (χ1v) is 8.21. The second kappa shape index (κ2) is 7.85. The molecule has 1 amide bonds. The molecular formula is C20H20FN3O. The summed E-state index contributed by atoms with van der Waals surface area (Å²) in [5, 5.41) is 4.99. The summed E-state index contributed by atoms with van der Waals surface area (Å²) in [6.07, 6.45) is 4.02. The van der Waals surface area contributed by atoms with Crippen molar-refractivity contribution in [1.82, 2.24) is 10.3 Å². The lowest BCUT2D eigenvalue weighted by Crippen LogP contribution is -2.33. The molecule has 0 unspecified atom stereocenters. The molecule has 0 bridgehead atoms. The standard InChI is InChI=1S/C20H20FN3O/c21-19-7-2-1-4-14(19)10-17(22)11-20(25)24-13-16-6-3-5-15-12-23-9-8-18(15)16/h1-9,12,17H,10-11,13,22H2,(H,24,25)/t17-/m1/s1. The molecule has 0 saturated carbocycles. The summed E-state index contributed by atoms with van der Waals surface area (Å²) in [5.41, 5.74) is 7.56. The van der Waals surface area contributed by atoms with Crippen molar-refractivity contribution >= 4 is 16.7 Å². The van der Waals surface area contributed by atoms with E-state index in [1.54, 1.807) is 30.6 Å². The molecule has 128 valence electrons. The summed E-state index contributed by atoms with van der Waals surface area (Å²) in [5.74, 6) is -0.433. The molecule has 0 radical (unpaired) electrons. The predicted molar refractivity (Wildman–Crippen MR) is 96.3 cm³/mol. The minimum Gasteiger partial charge on any atom is -0.352 e. The molecule has 5 heteroatoms. The fraction of sp³-hybridized carbons (Fsp3) is 0.200. The number of halogens is 1. The maximum absolute atomic E-state index is 13.6. The quantitative estimate of drug-likeness (QED) is 0.727. The Morgan fingerprint density at radius 3 is 2.76 bits per heavy atom. The average Bonchev–Trinajstić information content (AvgIpc) is 2.62. The largest absolute Gasteiger partial charge is 0.352 e. The van der Waals surface area contributed by atoms with E-state index in [0.29, 0.717) is 18.5 Å². The maximum atomic E-state index is 13.6. The number of nitrogens with zero attached hydrogens (tertiary/aromatic N) is 1. The number of nitrogens with two attached hydrogens (primary N) is 1. The lowest BCUT2D eigenvalue weighted by Gasteiger charge is -2.13. The molecule has 0 spiro atoms. The van der Waals surface area contributed by atoms with E-state index in [1.165, 1.54) is 6.07 Å². The van der Waals surface area contributed by atoms with E-state index in [1.807, 2.05) is 24.3 Å². The smallest absolute Gasteiger partial charge is 0.221 e. The number of hydrogen-bond donors (Lipinski definition) is 2. The SMILES string of the molecule is N[C@@H](CC(=O)NCc1cccc2cnccc12)Cc1ccccc1F. The lowest BCUT2D eigenvalue weighted by atomic mass is 10.0. The highest BCUT2D eigenvalue weighted by molar-refractivity contribution is 5.85. The molecule has 25 heavy (non-hydrogen) atoms. The summed E-state index contributed by atoms with van der Waals surface area (Å²) >= 11 is 0. The molecule has 2 aromatic carbocycles. The van der Waals surface area contributed by atoms with Crippen LogP contribution in [0.1, 0.15) is 17.5 Å². The maximum Gasteiger partial charge on any atom is 0.221 e. The van der Waals surface area contributed by atoms with Gasteiger partial charge in [0.2, 0.25) is 5.91 Å². The molecule has 3 N–H and O–H groups in total. The molecule has 1 atom stereocenters. The van der Waals surface area contributed by atoms with Crippen LogP contribution >= 0.6 is 0 Å². The third-order valence-electron chi connectivity index (χ3n) is 4.13. The van der Waals surface area contributed by atoms with Crippen molar-refractivity contribution in [2.24, 2.45) is 5.73 Å². The van der Waals surface area contributed by atoms with Gasteiger partial charge in [0, 0.05) is 36.8 Å². The van der Waals surface area contributed by atoms with Gasteiger partial charge >= 0.3 is 0 Å². The van der Waals surface area contributed by atoms with Crippen molar-refractivity contribution < 1.29 is 9.18 Å². The van der Waals surface area contributed by atoms with Crippen LogP contribution in [0.2, 0.25) is 0 Å². The van der Waals surface area contributed by atoms with Gasteiger partial charge in [-0.05, 0) is 35.1 Å². The fourth-order valence-corrected chi connectivity index (χ4v) is 2.87. The van der Waals surface area contributed by atoms with E-state index in [9.17, 15) is 9.18 Å². The summed E-state index contributed by atoms with van der Waals surface area (Å²) in [7, 11) is 0. The fourth-order valence-electron chi connectivity index (χ4n) is 2.87. The molecule has 0 saturated heterocycles. The Hall–Kier alpha value is -2.79. The lowest BCUT2D eigenvalue weighted by molar-refractivity contribution is -0.121. The molecular weight excluding hydrogens is 317 g/mol. The molecule has 3 rings (SSSR count). The van der Waals surface area contributed by atoms with Crippen LogP contribution < -0.4 is 11.1 Å². The van der Waals surface area contributed by atoms with Gasteiger partial charge in [-0.25, -0.2) is 4.39 Å². The van der Waals surface area contributed by atoms with Gasteiger partial charge < -0.3 is 11.1 Å². The van der Waals surface area contributed by atoms with E-state index in [0.717, 1.165) is 16.3 Å². The number of rotatable bonds is 6. The number of benzene rings is 2. The molecule has 0 fully saturated rings. The molecule has 1 heterocycles. The van der Waals surface area contributed by atoms with Gasteiger partial charge in [-0.3, -0.25) is 9.78 Å². The topological polar surface area (TPSA) is 68.0 Å². The Kier molecular flexibility index (Phi) is 5.36. The minimum atomic E-state index is -0.423. The number of amides is 1. The van der Waals surface area contributed by atoms with E-state index in [2.05, 4.69) is 10.3 Å². The van der Waals surface area contributed by atoms with Gasteiger partial charge in [0.15, 0.2) is 0 Å². The third kappa shape index (κ3) is 4.39. The first kappa shape index (κ1) is 17.0. The van der Waals surface area contributed by atoms with Crippen LogP contribution in [0.5, 0.6) is 0 Å². The van der Waals surface area contributed by atoms with Gasteiger partial charge in [-0.15, -0.1) is 0 Å². The summed E-state index contributed by atoms with van der Waals surface area (Å²) < 4.78 is 13.6. The Bertz CT molecular complexity index is 876. The van der Waals surface area contributed by atoms with Gasteiger partial charge in [-0.1, -0.05) is 36.4 Å².